The SMILES string of the molecule is Cc1ncc(Oc2cc(S(=O)Cc3ccccc3)ncc2C(C)C)c(N)n1. The molecule has 0 radical (unpaired) electrons. The van der Waals surface area contributed by atoms with E-state index in [4.69, 9.17) is 10.5 Å². The fraction of sp³-hybridized carbons (Fsp3) is 0.250. The maximum Gasteiger partial charge on any atom is 0.187 e. The van der Waals surface area contributed by atoms with E-state index in [-0.39, 0.29) is 11.7 Å². The van der Waals surface area contributed by atoms with Crippen molar-refractivity contribution in [3.8, 4) is 11.5 Å². The summed E-state index contributed by atoms with van der Waals surface area (Å²) in [5.74, 6) is 2.34. The number of aromatic nitrogens is 3. The molecule has 2 heterocycles. The van der Waals surface area contributed by atoms with Crippen LogP contribution in [0.15, 0.2) is 53.8 Å². The van der Waals surface area contributed by atoms with Gasteiger partial charge >= 0.3 is 0 Å². The van der Waals surface area contributed by atoms with Crippen LogP contribution >= 0.6 is 0 Å². The van der Waals surface area contributed by atoms with Gasteiger partial charge in [-0.2, -0.15) is 0 Å². The molecule has 0 saturated heterocycles. The first-order valence-electron chi connectivity index (χ1n) is 8.63. The van der Waals surface area contributed by atoms with E-state index < -0.39 is 10.8 Å². The minimum absolute atomic E-state index is 0.177. The third-order valence-corrected chi connectivity index (χ3v) is 5.27. The first-order valence-corrected chi connectivity index (χ1v) is 9.95. The Balaban J connectivity index is 1.91. The van der Waals surface area contributed by atoms with Crippen molar-refractivity contribution >= 4 is 16.6 Å². The summed E-state index contributed by atoms with van der Waals surface area (Å²) in [5, 5.41) is 0.463. The highest BCUT2D eigenvalue weighted by atomic mass is 32.2. The summed E-state index contributed by atoms with van der Waals surface area (Å²) in [6.45, 7) is 5.84. The predicted molar refractivity (Wildman–Crippen MR) is 106 cm³/mol. The summed E-state index contributed by atoms with van der Waals surface area (Å²) in [5.41, 5.74) is 7.83. The molecular weight excluding hydrogens is 360 g/mol. The minimum atomic E-state index is -1.29. The van der Waals surface area contributed by atoms with Gasteiger partial charge in [-0.05, 0) is 18.4 Å². The van der Waals surface area contributed by atoms with Crippen LogP contribution in [-0.4, -0.2) is 19.2 Å². The van der Waals surface area contributed by atoms with Gasteiger partial charge in [-0.25, -0.2) is 15.0 Å². The number of rotatable bonds is 6. The Bertz CT molecular complexity index is 961. The number of hydrogen-bond acceptors (Lipinski definition) is 6. The van der Waals surface area contributed by atoms with Crippen LogP contribution in [-0.2, 0) is 16.6 Å². The maximum atomic E-state index is 12.8. The molecule has 3 rings (SSSR count). The molecule has 2 aromatic heterocycles. The van der Waals surface area contributed by atoms with Crippen molar-refractivity contribution < 1.29 is 8.95 Å². The molecule has 0 bridgehead atoms. The topological polar surface area (TPSA) is 91.0 Å². The fourth-order valence-corrected chi connectivity index (χ4v) is 3.60. The lowest BCUT2D eigenvalue weighted by Gasteiger charge is -2.15. The number of pyridine rings is 1. The number of ether oxygens (including phenoxy) is 1. The molecular formula is C20H22N4O2S. The van der Waals surface area contributed by atoms with Gasteiger partial charge < -0.3 is 10.5 Å². The second-order valence-electron chi connectivity index (χ2n) is 6.46. The number of hydrogen-bond donors (Lipinski definition) is 1. The Labute approximate surface area is 161 Å². The van der Waals surface area contributed by atoms with Crippen molar-refractivity contribution in [3.63, 3.8) is 0 Å². The van der Waals surface area contributed by atoms with Crippen LogP contribution in [0, 0.1) is 6.92 Å². The Morgan fingerprint density at radius 2 is 1.85 bits per heavy atom. The van der Waals surface area contributed by atoms with Crippen LogP contribution in [0.4, 0.5) is 5.82 Å². The maximum absolute atomic E-state index is 12.8. The van der Waals surface area contributed by atoms with E-state index in [0.717, 1.165) is 11.1 Å². The van der Waals surface area contributed by atoms with E-state index in [0.29, 0.717) is 28.1 Å². The Kier molecular flexibility index (Phi) is 5.81. The largest absolute Gasteiger partial charge is 0.451 e. The standard InChI is InChI=1S/C20H22N4O2S/c1-13(2)16-10-23-19(27(25)12-15-7-5-4-6-8-15)9-17(16)26-18-11-22-14(3)24-20(18)21/h4-11,13H,12H2,1-3H3,(H2,21,22,24). The van der Waals surface area contributed by atoms with E-state index in [1.54, 1.807) is 25.4 Å². The minimum Gasteiger partial charge on any atom is -0.451 e. The normalized spacial score (nSPS) is 12.1. The van der Waals surface area contributed by atoms with Gasteiger partial charge in [-0.3, -0.25) is 4.21 Å². The molecule has 6 nitrogen and oxygen atoms in total. The summed E-state index contributed by atoms with van der Waals surface area (Å²) >= 11 is 0. The molecule has 0 fully saturated rings. The van der Waals surface area contributed by atoms with Gasteiger partial charge in [0.05, 0.1) is 22.7 Å². The second kappa shape index (κ2) is 8.26. The van der Waals surface area contributed by atoms with Gasteiger partial charge in [0.2, 0.25) is 0 Å². The predicted octanol–water partition coefficient (Wildman–Crippen LogP) is 3.99. The van der Waals surface area contributed by atoms with E-state index in [1.807, 2.05) is 44.2 Å². The molecule has 0 aliphatic heterocycles. The van der Waals surface area contributed by atoms with E-state index in [9.17, 15) is 4.21 Å². The molecule has 1 aromatic carbocycles. The first-order chi connectivity index (χ1) is 12.9. The molecule has 1 unspecified atom stereocenters. The van der Waals surface area contributed by atoms with Crippen LogP contribution < -0.4 is 10.5 Å². The smallest absolute Gasteiger partial charge is 0.187 e. The number of nitrogens with zero attached hydrogens (tertiary/aromatic N) is 3. The van der Waals surface area contributed by atoms with Crippen molar-refractivity contribution in [1.29, 1.82) is 0 Å². The molecule has 0 amide bonds. The van der Waals surface area contributed by atoms with Crippen LogP contribution in [0.1, 0.15) is 36.7 Å². The molecule has 1 atom stereocenters. The molecule has 27 heavy (non-hydrogen) atoms. The first kappa shape index (κ1) is 19.0. The molecule has 140 valence electrons. The highest BCUT2D eigenvalue weighted by Gasteiger charge is 2.16. The molecule has 0 aliphatic carbocycles. The van der Waals surface area contributed by atoms with Crippen LogP contribution in [0.2, 0.25) is 0 Å². The lowest BCUT2D eigenvalue weighted by atomic mass is 10.1. The van der Waals surface area contributed by atoms with Gasteiger partial charge in [-0.15, -0.1) is 0 Å². The van der Waals surface area contributed by atoms with Gasteiger partial charge in [0.15, 0.2) is 11.6 Å². The number of nitrogen functional groups attached to an aromatic ring is 1. The zero-order chi connectivity index (χ0) is 19.4. The average Bonchev–Trinajstić information content (AvgIpc) is 2.64. The fourth-order valence-electron chi connectivity index (χ4n) is 2.55. The summed E-state index contributed by atoms with van der Waals surface area (Å²) in [7, 11) is -1.29. The van der Waals surface area contributed by atoms with Crippen molar-refractivity contribution in [3.05, 3.63) is 65.7 Å². The van der Waals surface area contributed by atoms with Crippen LogP contribution in [0.5, 0.6) is 11.5 Å². The number of nitrogens with two attached hydrogens (primary N) is 1. The highest BCUT2D eigenvalue weighted by Crippen LogP contribution is 2.33. The van der Waals surface area contributed by atoms with Crippen molar-refractivity contribution in [2.75, 3.05) is 5.73 Å². The molecule has 0 spiro atoms. The zero-order valence-electron chi connectivity index (χ0n) is 15.5. The van der Waals surface area contributed by atoms with E-state index in [2.05, 4.69) is 15.0 Å². The van der Waals surface area contributed by atoms with Crippen LogP contribution in [0.3, 0.4) is 0 Å². The molecule has 0 saturated carbocycles. The van der Waals surface area contributed by atoms with E-state index >= 15 is 0 Å². The van der Waals surface area contributed by atoms with Crippen molar-refractivity contribution in [1.82, 2.24) is 15.0 Å². The quantitative estimate of drug-likeness (QED) is 0.693. The number of benzene rings is 1. The van der Waals surface area contributed by atoms with Crippen molar-refractivity contribution in [2.24, 2.45) is 0 Å². The Hall–Kier alpha value is -2.80. The highest BCUT2D eigenvalue weighted by molar-refractivity contribution is 7.84. The summed E-state index contributed by atoms with van der Waals surface area (Å²) < 4.78 is 18.7. The Morgan fingerprint density at radius 1 is 1.11 bits per heavy atom. The van der Waals surface area contributed by atoms with Crippen molar-refractivity contribution in [2.45, 2.75) is 37.5 Å². The van der Waals surface area contributed by atoms with Gasteiger partial charge in [0.1, 0.15) is 16.6 Å². The molecule has 0 aliphatic rings. The lowest BCUT2D eigenvalue weighted by molar-refractivity contribution is 0.467. The van der Waals surface area contributed by atoms with Crippen LogP contribution in [0.25, 0.3) is 0 Å². The second-order valence-corrected chi connectivity index (χ2v) is 7.86. The average molecular weight is 382 g/mol. The third-order valence-electron chi connectivity index (χ3n) is 3.99. The van der Waals surface area contributed by atoms with Gasteiger partial charge in [0.25, 0.3) is 0 Å². The summed E-state index contributed by atoms with van der Waals surface area (Å²) in [6, 6.07) is 11.4. The van der Waals surface area contributed by atoms with E-state index in [1.165, 1.54) is 0 Å². The zero-order valence-corrected chi connectivity index (χ0v) is 16.4. The summed E-state index contributed by atoms with van der Waals surface area (Å²) in [4.78, 5) is 12.6. The molecule has 3 aromatic rings. The van der Waals surface area contributed by atoms with Gasteiger partial charge in [0, 0.05) is 17.8 Å². The number of aryl methyl sites for hydroxylation is 1. The number of anilines is 1. The third kappa shape index (κ3) is 4.68. The monoisotopic (exact) mass is 382 g/mol. The molecule has 2 N–H and O–H groups in total. The molecule has 7 heteroatoms. The lowest BCUT2D eigenvalue weighted by Crippen LogP contribution is -2.04. The van der Waals surface area contributed by atoms with Gasteiger partial charge in [-0.1, -0.05) is 44.2 Å². The Morgan fingerprint density at radius 3 is 2.52 bits per heavy atom. The summed E-state index contributed by atoms with van der Waals surface area (Å²) in [6.07, 6.45) is 3.26.